The Kier molecular flexibility index (Phi) is 5.49. The number of hydrogen-bond donors (Lipinski definition) is 1. The zero-order valence-electron chi connectivity index (χ0n) is 18.1. The van der Waals surface area contributed by atoms with Crippen molar-refractivity contribution in [3.05, 3.63) is 58.9 Å². The molecule has 1 aromatic heterocycles. The molecule has 0 spiro atoms. The first-order chi connectivity index (χ1) is 15.3. The molecule has 0 unspecified atom stereocenters. The van der Waals surface area contributed by atoms with E-state index in [1.54, 1.807) is 13.8 Å². The van der Waals surface area contributed by atoms with Gasteiger partial charge >= 0.3 is 5.97 Å². The average molecular weight is 478 g/mol. The van der Waals surface area contributed by atoms with E-state index >= 15 is 13.2 Å². The van der Waals surface area contributed by atoms with Crippen LogP contribution < -0.4 is 0 Å². The second kappa shape index (κ2) is 7.81. The highest BCUT2D eigenvalue weighted by Gasteiger charge is 2.41. The molecular weight excluding hydrogens is 457 g/mol. The number of aryl methyl sites for hydroxylation is 1. The minimum absolute atomic E-state index is 0.0289. The lowest BCUT2D eigenvalue weighted by Crippen LogP contribution is -2.42. The predicted molar refractivity (Wildman–Crippen MR) is 116 cm³/mol. The summed E-state index contributed by atoms with van der Waals surface area (Å²) in [5.41, 5.74) is -2.24. The summed E-state index contributed by atoms with van der Waals surface area (Å²) in [5.74, 6) is -4.80. The lowest BCUT2D eigenvalue weighted by atomic mass is 10.0. The maximum absolute atomic E-state index is 15.1. The van der Waals surface area contributed by atoms with E-state index in [0.717, 1.165) is 0 Å². The van der Waals surface area contributed by atoms with Crippen LogP contribution >= 0.6 is 0 Å². The second-order valence-electron chi connectivity index (χ2n) is 8.69. The molecule has 33 heavy (non-hydrogen) atoms. The molecular formula is C23H21F3N2O4S. The summed E-state index contributed by atoms with van der Waals surface area (Å²) in [6.45, 7) is 5.09. The van der Waals surface area contributed by atoms with E-state index < -0.39 is 55.1 Å². The molecule has 1 aliphatic heterocycles. The molecule has 0 bridgehead atoms. The number of carboxylic acids is 1. The van der Waals surface area contributed by atoms with Crippen LogP contribution in [0.3, 0.4) is 0 Å². The van der Waals surface area contributed by atoms with Crippen LogP contribution in [0.15, 0.2) is 35.2 Å². The van der Waals surface area contributed by atoms with Gasteiger partial charge in [-0.1, -0.05) is 6.07 Å². The van der Waals surface area contributed by atoms with Crippen molar-refractivity contribution in [3.8, 4) is 11.3 Å². The van der Waals surface area contributed by atoms with Crippen LogP contribution in [0, 0.1) is 24.4 Å². The summed E-state index contributed by atoms with van der Waals surface area (Å²) in [6, 6.07) is 5.15. The number of sulfonamides is 1. The molecule has 1 fully saturated rings. The standard InChI is InChI=1S/C23H21F3N2O4S/c1-12-15-6-5-13(22(29)30)9-18(15)27-21(20(12)26)19-16(24)10-14(11-17(19)25)33(31,32)28-8-4-7-23(28,2)3/h5-6,9-11H,4,7-8H2,1-3H3,(H,29,30). The van der Waals surface area contributed by atoms with Crippen molar-refractivity contribution in [3.63, 3.8) is 0 Å². The molecule has 1 aliphatic rings. The minimum atomic E-state index is -4.18. The molecule has 0 radical (unpaired) electrons. The van der Waals surface area contributed by atoms with E-state index in [2.05, 4.69) is 4.98 Å². The first kappa shape index (κ1) is 23.2. The van der Waals surface area contributed by atoms with Gasteiger partial charge in [0.15, 0.2) is 5.82 Å². The number of nitrogens with zero attached hydrogens (tertiary/aromatic N) is 2. The number of aromatic carboxylic acids is 1. The van der Waals surface area contributed by atoms with Crippen LogP contribution in [0.5, 0.6) is 0 Å². The highest BCUT2D eigenvalue weighted by Crippen LogP contribution is 2.37. The fourth-order valence-corrected chi connectivity index (χ4v) is 6.16. The molecule has 10 heteroatoms. The lowest BCUT2D eigenvalue weighted by molar-refractivity contribution is 0.0697. The Morgan fingerprint density at radius 3 is 2.30 bits per heavy atom. The molecule has 0 saturated carbocycles. The third kappa shape index (κ3) is 3.76. The first-order valence-corrected chi connectivity index (χ1v) is 11.6. The van der Waals surface area contributed by atoms with Crippen LogP contribution in [0.2, 0.25) is 0 Å². The van der Waals surface area contributed by atoms with Crippen molar-refractivity contribution >= 4 is 26.9 Å². The number of carboxylic acid groups (broad SMARTS) is 1. The van der Waals surface area contributed by atoms with E-state index in [-0.39, 0.29) is 28.6 Å². The Balaban J connectivity index is 1.89. The number of pyridine rings is 1. The van der Waals surface area contributed by atoms with Crippen molar-refractivity contribution in [2.24, 2.45) is 0 Å². The topological polar surface area (TPSA) is 87.6 Å². The summed E-state index contributed by atoms with van der Waals surface area (Å²) in [7, 11) is -4.18. The van der Waals surface area contributed by atoms with E-state index in [4.69, 9.17) is 0 Å². The van der Waals surface area contributed by atoms with Gasteiger partial charge in [-0.2, -0.15) is 4.31 Å². The predicted octanol–water partition coefficient (Wildman–Crippen LogP) is 4.89. The molecule has 1 saturated heterocycles. The summed E-state index contributed by atoms with van der Waals surface area (Å²) in [6.07, 6.45) is 1.23. The highest BCUT2D eigenvalue weighted by molar-refractivity contribution is 7.89. The van der Waals surface area contributed by atoms with Crippen LogP contribution in [-0.4, -0.2) is 40.9 Å². The zero-order chi connectivity index (χ0) is 24.3. The number of aromatic nitrogens is 1. The summed E-state index contributed by atoms with van der Waals surface area (Å²) >= 11 is 0. The van der Waals surface area contributed by atoms with E-state index in [1.165, 1.54) is 29.4 Å². The van der Waals surface area contributed by atoms with E-state index in [0.29, 0.717) is 25.0 Å². The van der Waals surface area contributed by atoms with Crippen LogP contribution in [0.25, 0.3) is 22.2 Å². The maximum Gasteiger partial charge on any atom is 0.335 e. The van der Waals surface area contributed by atoms with Gasteiger partial charge in [0, 0.05) is 17.5 Å². The molecule has 2 heterocycles. The van der Waals surface area contributed by atoms with Gasteiger partial charge in [0.25, 0.3) is 0 Å². The average Bonchev–Trinajstić information content (AvgIpc) is 3.10. The number of benzene rings is 2. The SMILES string of the molecule is Cc1c(F)c(-c2c(F)cc(S(=O)(=O)N3CCCC3(C)C)cc2F)nc2cc(C(=O)O)ccc12. The van der Waals surface area contributed by atoms with Gasteiger partial charge in [-0.3, -0.25) is 0 Å². The van der Waals surface area contributed by atoms with Gasteiger partial charge in [-0.25, -0.2) is 31.4 Å². The molecule has 3 aromatic rings. The Morgan fingerprint density at radius 1 is 1.12 bits per heavy atom. The first-order valence-electron chi connectivity index (χ1n) is 10.2. The maximum atomic E-state index is 15.1. The Labute approximate surface area is 188 Å². The van der Waals surface area contributed by atoms with Gasteiger partial charge in [-0.05, 0) is 63.4 Å². The van der Waals surface area contributed by atoms with Gasteiger partial charge in [0.05, 0.1) is 21.5 Å². The van der Waals surface area contributed by atoms with E-state index in [9.17, 15) is 18.3 Å². The van der Waals surface area contributed by atoms with E-state index in [1.807, 2.05) is 0 Å². The van der Waals surface area contributed by atoms with Crippen molar-refractivity contribution in [1.82, 2.24) is 9.29 Å². The molecule has 0 aliphatic carbocycles. The van der Waals surface area contributed by atoms with Gasteiger partial charge < -0.3 is 5.11 Å². The minimum Gasteiger partial charge on any atom is -0.478 e. The van der Waals surface area contributed by atoms with Crippen molar-refractivity contribution in [1.29, 1.82) is 0 Å². The smallest absolute Gasteiger partial charge is 0.335 e. The van der Waals surface area contributed by atoms with Crippen LogP contribution in [-0.2, 0) is 10.0 Å². The lowest BCUT2D eigenvalue weighted by Gasteiger charge is -2.30. The molecule has 0 atom stereocenters. The van der Waals surface area contributed by atoms with Crippen LogP contribution in [0.1, 0.15) is 42.6 Å². The monoisotopic (exact) mass is 478 g/mol. The fraction of sp³-hybridized carbons (Fsp3) is 0.304. The zero-order valence-corrected chi connectivity index (χ0v) is 18.9. The summed E-state index contributed by atoms with van der Waals surface area (Å²) < 4.78 is 72.6. The second-order valence-corrected chi connectivity index (χ2v) is 10.6. The molecule has 6 nitrogen and oxygen atoms in total. The van der Waals surface area contributed by atoms with Gasteiger partial charge in [-0.15, -0.1) is 0 Å². The number of hydrogen-bond acceptors (Lipinski definition) is 4. The van der Waals surface area contributed by atoms with Crippen LogP contribution in [0.4, 0.5) is 13.2 Å². The van der Waals surface area contributed by atoms with Gasteiger partial charge in [0.2, 0.25) is 10.0 Å². The molecule has 0 amide bonds. The summed E-state index contributed by atoms with van der Waals surface area (Å²) in [4.78, 5) is 14.7. The quantitative estimate of drug-likeness (QED) is 0.577. The molecule has 4 rings (SSSR count). The van der Waals surface area contributed by atoms with Crippen molar-refractivity contribution < 1.29 is 31.5 Å². The van der Waals surface area contributed by atoms with Gasteiger partial charge in [0.1, 0.15) is 17.3 Å². The third-order valence-electron chi connectivity index (χ3n) is 6.08. The van der Waals surface area contributed by atoms with Crippen molar-refractivity contribution in [2.45, 2.75) is 44.0 Å². The Bertz CT molecular complexity index is 1400. The molecule has 1 N–H and O–H groups in total. The largest absolute Gasteiger partial charge is 0.478 e. The Hall–Kier alpha value is -2.98. The number of rotatable bonds is 4. The molecule has 2 aromatic carbocycles. The summed E-state index contributed by atoms with van der Waals surface area (Å²) in [5, 5.41) is 9.48. The number of carbonyl (C=O) groups is 1. The number of halogens is 3. The third-order valence-corrected chi connectivity index (χ3v) is 8.17. The highest BCUT2D eigenvalue weighted by atomic mass is 32.2. The Morgan fingerprint density at radius 2 is 1.76 bits per heavy atom. The van der Waals surface area contributed by atoms with Crippen molar-refractivity contribution in [2.75, 3.05) is 6.54 Å². The number of fused-ring (bicyclic) bond motifs is 1. The normalized spacial score (nSPS) is 16.4. The molecule has 174 valence electrons. The fourth-order valence-electron chi connectivity index (χ4n) is 4.29.